The first-order valence-electron chi connectivity index (χ1n) is 4.83. The minimum atomic E-state index is -0.637. The molecule has 6 nitrogen and oxygen atoms in total. The van der Waals surface area contributed by atoms with Gasteiger partial charge in [-0.1, -0.05) is 0 Å². The molecule has 88 valence electrons. The van der Waals surface area contributed by atoms with Gasteiger partial charge < -0.3 is 4.74 Å². The molecule has 0 saturated carbocycles. The summed E-state index contributed by atoms with van der Waals surface area (Å²) >= 11 is 0. The van der Waals surface area contributed by atoms with Gasteiger partial charge in [0, 0.05) is 5.69 Å². The summed E-state index contributed by atoms with van der Waals surface area (Å²) in [6, 6.07) is 0. The zero-order valence-electron chi connectivity index (χ0n) is 9.75. The van der Waals surface area contributed by atoms with Crippen molar-refractivity contribution in [2.75, 3.05) is 5.32 Å². The van der Waals surface area contributed by atoms with Crippen LogP contribution in [0.5, 0.6) is 0 Å². The number of hydrogen-bond donors (Lipinski definition) is 2. The van der Waals surface area contributed by atoms with Crippen molar-refractivity contribution in [1.82, 2.24) is 10.2 Å². The molecule has 1 rings (SSSR count). The van der Waals surface area contributed by atoms with E-state index in [2.05, 4.69) is 15.5 Å². The summed E-state index contributed by atoms with van der Waals surface area (Å²) in [6.07, 6.45) is -0.00645. The average Bonchev–Trinajstić information content (AvgIpc) is 2.43. The smallest absolute Gasteiger partial charge is 0.413 e. The third-order valence-electron chi connectivity index (χ3n) is 1.73. The molecule has 0 bridgehead atoms. The number of rotatable bonds is 2. The number of aldehydes is 1. The normalized spacial score (nSPS) is 11.0. The molecule has 2 N–H and O–H groups in total. The van der Waals surface area contributed by atoms with E-state index >= 15 is 0 Å². The number of hydrogen-bond acceptors (Lipinski definition) is 4. The highest BCUT2D eigenvalue weighted by Gasteiger charge is 2.18. The van der Waals surface area contributed by atoms with E-state index < -0.39 is 11.7 Å². The molecular formula is C10H15N3O3. The zero-order valence-corrected chi connectivity index (χ0v) is 9.75. The molecule has 1 aromatic rings. The Morgan fingerprint density at radius 1 is 1.50 bits per heavy atom. The third-order valence-corrected chi connectivity index (χ3v) is 1.73. The summed E-state index contributed by atoms with van der Waals surface area (Å²) in [6.45, 7) is 6.95. The fourth-order valence-electron chi connectivity index (χ4n) is 1.08. The van der Waals surface area contributed by atoms with Crippen LogP contribution in [0.15, 0.2) is 0 Å². The molecule has 1 aromatic heterocycles. The van der Waals surface area contributed by atoms with Gasteiger partial charge in [-0.05, 0) is 27.7 Å². The number of amides is 1. The maximum Gasteiger partial charge on any atom is 0.413 e. The van der Waals surface area contributed by atoms with Crippen LogP contribution in [0.1, 0.15) is 36.8 Å². The number of nitrogens with one attached hydrogen (secondary N) is 2. The van der Waals surface area contributed by atoms with Gasteiger partial charge in [0.2, 0.25) is 0 Å². The molecule has 0 aliphatic rings. The van der Waals surface area contributed by atoms with Crippen molar-refractivity contribution < 1.29 is 14.3 Å². The Bertz CT molecular complexity index is 404. The van der Waals surface area contributed by atoms with E-state index in [0.717, 1.165) is 0 Å². The molecule has 16 heavy (non-hydrogen) atoms. The molecule has 0 aliphatic heterocycles. The molecular weight excluding hydrogens is 210 g/mol. The predicted molar refractivity (Wildman–Crippen MR) is 58.6 cm³/mol. The van der Waals surface area contributed by atoms with Gasteiger partial charge in [0.1, 0.15) is 5.60 Å². The van der Waals surface area contributed by atoms with E-state index in [1.807, 2.05) is 0 Å². The highest BCUT2D eigenvalue weighted by molar-refractivity contribution is 5.92. The number of nitrogens with zero attached hydrogens (tertiary/aromatic N) is 1. The number of aryl methyl sites for hydroxylation is 1. The second-order valence-corrected chi connectivity index (χ2v) is 4.36. The fraction of sp³-hybridized carbons (Fsp3) is 0.500. The van der Waals surface area contributed by atoms with Gasteiger partial charge in [-0.15, -0.1) is 0 Å². The van der Waals surface area contributed by atoms with Crippen LogP contribution >= 0.6 is 0 Å². The van der Waals surface area contributed by atoms with Crippen LogP contribution in [0.4, 0.5) is 10.6 Å². The van der Waals surface area contributed by atoms with Gasteiger partial charge in [0.25, 0.3) is 0 Å². The first-order valence-corrected chi connectivity index (χ1v) is 4.83. The molecule has 0 radical (unpaired) electrons. The van der Waals surface area contributed by atoms with E-state index in [-0.39, 0.29) is 5.82 Å². The van der Waals surface area contributed by atoms with E-state index in [1.54, 1.807) is 27.7 Å². The van der Waals surface area contributed by atoms with Crippen molar-refractivity contribution in [1.29, 1.82) is 0 Å². The second-order valence-electron chi connectivity index (χ2n) is 4.36. The summed E-state index contributed by atoms with van der Waals surface area (Å²) in [4.78, 5) is 22.1. The van der Waals surface area contributed by atoms with Crippen LogP contribution in [0.2, 0.25) is 0 Å². The molecule has 0 aromatic carbocycles. The second kappa shape index (κ2) is 4.34. The predicted octanol–water partition coefficient (Wildman–Crippen LogP) is 1.88. The van der Waals surface area contributed by atoms with Gasteiger partial charge in [0.15, 0.2) is 12.1 Å². The Kier molecular flexibility index (Phi) is 3.31. The number of H-pyrrole nitrogens is 1. The average molecular weight is 225 g/mol. The topological polar surface area (TPSA) is 84.1 Å². The van der Waals surface area contributed by atoms with Crippen molar-refractivity contribution in [2.45, 2.75) is 33.3 Å². The molecule has 0 saturated heterocycles. The Hall–Kier alpha value is -1.85. The van der Waals surface area contributed by atoms with Gasteiger partial charge >= 0.3 is 6.09 Å². The van der Waals surface area contributed by atoms with Gasteiger partial charge in [-0.3, -0.25) is 15.2 Å². The summed E-state index contributed by atoms with van der Waals surface area (Å²) < 4.78 is 5.03. The number of aromatic amines is 1. The first kappa shape index (κ1) is 12.2. The minimum Gasteiger partial charge on any atom is -0.444 e. The lowest BCUT2D eigenvalue weighted by Gasteiger charge is -2.19. The van der Waals surface area contributed by atoms with Crippen molar-refractivity contribution in [2.24, 2.45) is 0 Å². The van der Waals surface area contributed by atoms with Crippen LogP contribution in [-0.2, 0) is 4.74 Å². The Morgan fingerprint density at radius 2 is 2.12 bits per heavy atom. The van der Waals surface area contributed by atoms with Gasteiger partial charge in [-0.2, -0.15) is 5.10 Å². The monoisotopic (exact) mass is 225 g/mol. The van der Waals surface area contributed by atoms with Crippen LogP contribution in [0, 0.1) is 6.92 Å². The quantitative estimate of drug-likeness (QED) is 0.752. The maximum atomic E-state index is 11.4. The molecule has 1 amide bonds. The summed E-state index contributed by atoms with van der Waals surface area (Å²) in [7, 11) is 0. The van der Waals surface area contributed by atoms with Crippen LogP contribution in [0.25, 0.3) is 0 Å². The molecule has 0 atom stereocenters. The summed E-state index contributed by atoms with van der Waals surface area (Å²) in [5.41, 5.74) is 0.337. The van der Waals surface area contributed by atoms with Crippen molar-refractivity contribution in [3.05, 3.63) is 11.3 Å². The number of anilines is 1. The lowest BCUT2D eigenvalue weighted by Crippen LogP contribution is -2.27. The van der Waals surface area contributed by atoms with E-state index in [1.165, 1.54) is 0 Å². The molecule has 0 fully saturated rings. The fourth-order valence-corrected chi connectivity index (χ4v) is 1.08. The third kappa shape index (κ3) is 3.08. The number of carbonyl (C=O) groups excluding carboxylic acids is 2. The molecule has 0 unspecified atom stereocenters. The zero-order chi connectivity index (χ0) is 12.3. The molecule has 0 aliphatic carbocycles. The van der Waals surface area contributed by atoms with Crippen molar-refractivity contribution >= 4 is 18.2 Å². The number of carbonyl (C=O) groups is 2. The van der Waals surface area contributed by atoms with Gasteiger partial charge in [-0.25, -0.2) is 4.79 Å². The van der Waals surface area contributed by atoms with Crippen LogP contribution in [-0.4, -0.2) is 28.2 Å². The van der Waals surface area contributed by atoms with Gasteiger partial charge in [0.05, 0.1) is 5.56 Å². The van der Waals surface area contributed by atoms with E-state index in [0.29, 0.717) is 17.5 Å². The standard InChI is InChI=1S/C10H15N3O3/c1-6-7(5-14)8(13-12-6)11-9(15)16-10(2,3)4/h5H,1-4H3,(H2,11,12,13,15). The summed E-state index contributed by atoms with van der Waals surface area (Å²) in [5.74, 6) is 0.182. The lowest BCUT2D eigenvalue weighted by molar-refractivity contribution is 0.0635. The number of ether oxygens (including phenoxy) is 1. The highest BCUT2D eigenvalue weighted by Crippen LogP contribution is 2.15. The van der Waals surface area contributed by atoms with Crippen LogP contribution < -0.4 is 5.32 Å². The molecule has 0 spiro atoms. The largest absolute Gasteiger partial charge is 0.444 e. The summed E-state index contributed by atoms with van der Waals surface area (Å²) in [5, 5.41) is 8.80. The van der Waals surface area contributed by atoms with Crippen molar-refractivity contribution in [3.63, 3.8) is 0 Å². The lowest BCUT2D eigenvalue weighted by atomic mass is 10.2. The van der Waals surface area contributed by atoms with E-state index in [4.69, 9.17) is 4.74 Å². The Labute approximate surface area is 93.4 Å². The molecule has 1 heterocycles. The first-order chi connectivity index (χ1) is 7.33. The van der Waals surface area contributed by atoms with Crippen molar-refractivity contribution in [3.8, 4) is 0 Å². The highest BCUT2D eigenvalue weighted by atomic mass is 16.6. The Balaban J connectivity index is 2.74. The van der Waals surface area contributed by atoms with Crippen LogP contribution in [0.3, 0.4) is 0 Å². The number of aromatic nitrogens is 2. The van der Waals surface area contributed by atoms with E-state index in [9.17, 15) is 9.59 Å². The molecule has 6 heteroatoms. The Morgan fingerprint density at radius 3 is 2.62 bits per heavy atom. The maximum absolute atomic E-state index is 11.4. The SMILES string of the molecule is Cc1[nH]nc(NC(=O)OC(C)(C)C)c1C=O. The minimum absolute atomic E-state index is 0.182.